The number of halogens is 1. The number of benzene rings is 3. The van der Waals surface area contributed by atoms with Crippen molar-refractivity contribution in [3.05, 3.63) is 112 Å². The number of aromatic nitrogens is 4. The van der Waals surface area contributed by atoms with Crippen LogP contribution in [0.15, 0.2) is 79.1 Å². The van der Waals surface area contributed by atoms with E-state index in [0.717, 1.165) is 24.8 Å². The summed E-state index contributed by atoms with van der Waals surface area (Å²) in [7, 11) is 0. The molecule has 0 aliphatic heterocycles. The number of anilines is 2. The molecule has 2 atom stereocenters. The molecule has 8 nitrogen and oxygen atoms in total. The Labute approximate surface area is 244 Å². The third-order valence-corrected chi connectivity index (χ3v) is 7.54. The minimum Gasteiger partial charge on any atom is -0.377 e. The molecule has 1 aliphatic carbocycles. The maximum absolute atomic E-state index is 10.0. The summed E-state index contributed by atoms with van der Waals surface area (Å²) in [5.41, 5.74) is 4.73. The number of nitrogens with one attached hydrogen (secondary N) is 2. The van der Waals surface area contributed by atoms with Crippen LogP contribution in [-0.4, -0.2) is 20.0 Å². The predicted octanol–water partition coefficient (Wildman–Crippen LogP) is 7.32. The van der Waals surface area contributed by atoms with Gasteiger partial charge in [-0.25, -0.2) is 4.68 Å². The molecule has 2 heterocycles. The number of nitriles is 2. The minimum absolute atomic E-state index is 0.0535. The Hall–Kier alpha value is -4.92. The first-order valence-corrected chi connectivity index (χ1v) is 13.9. The monoisotopic (exact) mass is 559 g/mol. The summed E-state index contributed by atoms with van der Waals surface area (Å²) < 4.78 is 11.6. The Kier molecular flexibility index (Phi) is 6.90. The molecule has 1 fully saturated rings. The maximum atomic E-state index is 10.0. The third kappa shape index (κ3) is 5.30. The first-order chi connectivity index (χ1) is 20.4. The third-order valence-electron chi connectivity index (χ3n) is 7.25. The highest BCUT2D eigenvalue weighted by Gasteiger charge is 2.30. The minimum atomic E-state index is -1.56. The molecule has 0 amide bonds. The molecular weight excluding hydrogens is 532 g/mol. The van der Waals surface area contributed by atoms with E-state index in [1.165, 1.54) is 6.20 Å². The normalized spacial score (nSPS) is 15.3. The molecule has 0 bridgehead atoms. The molecule has 2 aromatic heterocycles. The van der Waals surface area contributed by atoms with Crippen LogP contribution in [0, 0.1) is 22.7 Å². The standard InChI is InChI=1S/C32H27ClN8/c1-2-28(21-8-4-3-5-9-21)39-30-23(17-35)18-36-32-26(30)14-24(15-27(32)33)38-31(22-10-6-7-20(13-22)16-34)29-19-37-40-41(29)25-11-12-25/h3-10,13-15,18-19,25,28,31,38H,2,11-12H2,1H3,(H,36,39)/t28-,31+/m1/s1/i31D. The molecule has 2 N–H and O–H groups in total. The van der Waals surface area contributed by atoms with Crippen molar-refractivity contribution >= 4 is 33.9 Å². The second-order valence-electron chi connectivity index (χ2n) is 10.0. The Morgan fingerprint density at radius 3 is 2.56 bits per heavy atom. The first kappa shape index (κ1) is 25.1. The average Bonchev–Trinajstić information content (AvgIpc) is 3.75. The lowest BCUT2D eigenvalue weighted by Gasteiger charge is -2.23. The fourth-order valence-electron chi connectivity index (χ4n) is 5.04. The molecule has 3 aromatic carbocycles. The number of nitrogens with zero attached hydrogens (tertiary/aromatic N) is 6. The summed E-state index contributed by atoms with van der Waals surface area (Å²) in [6.07, 6.45) is 5.83. The molecule has 0 radical (unpaired) electrons. The zero-order valence-corrected chi connectivity index (χ0v) is 23.1. The fourth-order valence-corrected chi connectivity index (χ4v) is 5.30. The summed E-state index contributed by atoms with van der Waals surface area (Å²) in [5, 5.41) is 36.0. The molecule has 0 unspecified atom stereocenters. The van der Waals surface area contributed by atoms with E-state index in [1.54, 1.807) is 35.1 Å². The van der Waals surface area contributed by atoms with Gasteiger partial charge in [-0.15, -0.1) is 5.10 Å². The van der Waals surface area contributed by atoms with Crippen LogP contribution in [-0.2, 0) is 0 Å². The lowest BCUT2D eigenvalue weighted by Crippen LogP contribution is -2.17. The van der Waals surface area contributed by atoms with Gasteiger partial charge in [0.25, 0.3) is 0 Å². The first-order valence-electron chi connectivity index (χ1n) is 14.0. The van der Waals surface area contributed by atoms with Crippen molar-refractivity contribution < 1.29 is 1.37 Å². The van der Waals surface area contributed by atoms with E-state index >= 15 is 0 Å². The van der Waals surface area contributed by atoms with Crippen LogP contribution in [0.1, 0.15) is 73.6 Å². The van der Waals surface area contributed by atoms with Gasteiger partial charge >= 0.3 is 0 Å². The molecule has 6 rings (SSSR count). The molecular formula is C32H27ClN8. The highest BCUT2D eigenvalue weighted by Crippen LogP contribution is 2.40. The van der Waals surface area contributed by atoms with Crippen molar-refractivity contribution in [2.24, 2.45) is 0 Å². The molecule has 0 spiro atoms. The highest BCUT2D eigenvalue weighted by atomic mass is 35.5. The lowest BCUT2D eigenvalue weighted by molar-refractivity contribution is 0.574. The van der Waals surface area contributed by atoms with Gasteiger partial charge in [0, 0.05) is 17.3 Å². The summed E-state index contributed by atoms with van der Waals surface area (Å²) in [5.74, 6) is 0. The van der Waals surface area contributed by atoms with Gasteiger partial charge in [-0.1, -0.05) is 66.2 Å². The zero-order valence-electron chi connectivity index (χ0n) is 23.3. The topological polar surface area (TPSA) is 115 Å². The molecule has 0 saturated heterocycles. The Balaban J connectivity index is 1.49. The summed E-state index contributed by atoms with van der Waals surface area (Å²) in [6, 6.07) is 23.6. The molecule has 5 aromatic rings. The van der Waals surface area contributed by atoms with Crippen LogP contribution in [0.4, 0.5) is 11.4 Å². The van der Waals surface area contributed by atoms with E-state index in [9.17, 15) is 11.9 Å². The van der Waals surface area contributed by atoms with Crippen molar-refractivity contribution in [3.8, 4) is 12.1 Å². The van der Waals surface area contributed by atoms with Gasteiger partial charge < -0.3 is 10.6 Å². The van der Waals surface area contributed by atoms with Gasteiger partial charge in [-0.05, 0) is 54.7 Å². The van der Waals surface area contributed by atoms with Gasteiger partial charge in [0.2, 0.25) is 0 Å². The fraction of sp³-hybridized carbons (Fsp3) is 0.219. The van der Waals surface area contributed by atoms with Crippen LogP contribution in [0.3, 0.4) is 0 Å². The van der Waals surface area contributed by atoms with Crippen LogP contribution in [0.25, 0.3) is 10.9 Å². The summed E-state index contributed by atoms with van der Waals surface area (Å²) in [6.45, 7) is 2.08. The summed E-state index contributed by atoms with van der Waals surface area (Å²) >= 11 is 6.81. The van der Waals surface area contributed by atoms with Crippen molar-refractivity contribution in [3.63, 3.8) is 0 Å². The van der Waals surface area contributed by atoms with Gasteiger partial charge in [-0.3, -0.25) is 4.98 Å². The Morgan fingerprint density at radius 2 is 1.83 bits per heavy atom. The van der Waals surface area contributed by atoms with E-state index in [0.29, 0.717) is 49.7 Å². The largest absolute Gasteiger partial charge is 0.377 e. The van der Waals surface area contributed by atoms with Crippen LogP contribution < -0.4 is 10.6 Å². The van der Waals surface area contributed by atoms with Crippen LogP contribution in [0.2, 0.25) is 5.02 Å². The van der Waals surface area contributed by atoms with E-state index < -0.39 is 6.02 Å². The van der Waals surface area contributed by atoms with Gasteiger partial charge in [0.15, 0.2) is 0 Å². The van der Waals surface area contributed by atoms with Crippen molar-refractivity contribution in [2.45, 2.75) is 44.3 Å². The molecule has 9 heteroatoms. The van der Waals surface area contributed by atoms with Crippen LogP contribution in [0.5, 0.6) is 0 Å². The lowest BCUT2D eigenvalue weighted by atomic mass is 10.00. The molecule has 202 valence electrons. The predicted molar refractivity (Wildman–Crippen MR) is 159 cm³/mol. The van der Waals surface area contributed by atoms with Crippen molar-refractivity contribution in [1.29, 1.82) is 10.5 Å². The quantitative estimate of drug-likeness (QED) is 0.194. The Morgan fingerprint density at radius 1 is 1.02 bits per heavy atom. The average molecular weight is 560 g/mol. The van der Waals surface area contributed by atoms with Crippen molar-refractivity contribution in [1.82, 2.24) is 20.0 Å². The second kappa shape index (κ2) is 11.3. The van der Waals surface area contributed by atoms with Crippen LogP contribution >= 0.6 is 11.6 Å². The molecule has 1 saturated carbocycles. The number of hydrogen-bond acceptors (Lipinski definition) is 7. The van der Waals surface area contributed by atoms with Gasteiger partial charge in [-0.2, -0.15) is 10.5 Å². The summed E-state index contributed by atoms with van der Waals surface area (Å²) in [4.78, 5) is 4.50. The number of fused-ring (bicyclic) bond motifs is 1. The van der Waals surface area contributed by atoms with E-state index in [2.05, 4.69) is 57.1 Å². The number of rotatable bonds is 9. The zero-order chi connectivity index (χ0) is 29.3. The van der Waals surface area contributed by atoms with Gasteiger partial charge in [0.05, 0.1) is 64.8 Å². The highest BCUT2D eigenvalue weighted by molar-refractivity contribution is 6.35. The van der Waals surface area contributed by atoms with E-state index in [4.69, 9.17) is 11.6 Å². The number of hydrogen-bond donors (Lipinski definition) is 2. The van der Waals surface area contributed by atoms with E-state index in [1.807, 2.05) is 30.3 Å². The Bertz CT molecular complexity index is 1850. The SMILES string of the molecule is [2H][C@](Nc1cc(Cl)c2ncc(C#N)c(N[C@H](CC)c3ccccc3)c2c1)(c1cccc(C#N)c1)c1cnnn1C1CC1. The molecule has 41 heavy (non-hydrogen) atoms. The maximum Gasteiger partial charge on any atom is 0.103 e. The number of pyridine rings is 1. The van der Waals surface area contributed by atoms with Crippen molar-refractivity contribution in [2.75, 3.05) is 10.6 Å². The van der Waals surface area contributed by atoms with E-state index in [-0.39, 0.29) is 12.1 Å². The second-order valence-corrected chi connectivity index (χ2v) is 10.4. The molecule has 1 aliphatic rings. The smallest absolute Gasteiger partial charge is 0.103 e. The van der Waals surface area contributed by atoms with Gasteiger partial charge in [0.1, 0.15) is 6.07 Å².